The summed E-state index contributed by atoms with van der Waals surface area (Å²) in [6.07, 6.45) is 1.98. The first-order valence-corrected chi connectivity index (χ1v) is 19.7. The van der Waals surface area contributed by atoms with Gasteiger partial charge in [-0.1, -0.05) is 114 Å². The number of para-hydroxylation sites is 3. The van der Waals surface area contributed by atoms with Crippen LogP contribution < -0.4 is 14.5 Å². The molecular formula is C52H47N4OPt-3. The Labute approximate surface area is 357 Å². The second-order valence-electron chi connectivity index (χ2n) is 17.2. The van der Waals surface area contributed by atoms with Crippen LogP contribution in [0.3, 0.4) is 0 Å². The zero-order valence-corrected chi connectivity index (χ0v) is 36.6. The van der Waals surface area contributed by atoms with E-state index in [1.54, 1.807) is 0 Å². The third-order valence-electron chi connectivity index (χ3n) is 11.1. The van der Waals surface area contributed by atoms with Crippen molar-refractivity contribution in [3.8, 4) is 28.4 Å². The van der Waals surface area contributed by atoms with Gasteiger partial charge < -0.3 is 19.1 Å². The van der Waals surface area contributed by atoms with E-state index in [9.17, 15) is 0 Å². The Morgan fingerprint density at radius 2 is 1.26 bits per heavy atom. The van der Waals surface area contributed by atoms with Crippen LogP contribution in [0.1, 0.15) is 63.8 Å². The summed E-state index contributed by atoms with van der Waals surface area (Å²) in [5.41, 5.74) is 13.5. The van der Waals surface area contributed by atoms with E-state index in [-0.39, 0.29) is 31.9 Å². The molecule has 0 bridgehead atoms. The summed E-state index contributed by atoms with van der Waals surface area (Å²) in [5, 5.41) is 2.23. The molecule has 0 N–H and O–H groups in total. The van der Waals surface area contributed by atoms with E-state index in [2.05, 4.69) is 198 Å². The summed E-state index contributed by atoms with van der Waals surface area (Å²) in [6.45, 7) is 20.2. The predicted molar refractivity (Wildman–Crippen MR) is 237 cm³/mol. The number of rotatable bonds is 6. The van der Waals surface area contributed by atoms with E-state index >= 15 is 0 Å². The summed E-state index contributed by atoms with van der Waals surface area (Å²) in [7, 11) is 0. The Balaban J connectivity index is 0.00000469. The number of anilines is 4. The van der Waals surface area contributed by atoms with Crippen molar-refractivity contribution in [3.63, 3.8) is 0 Å². The number of hydrogen-bond donors (Lipinski definition) is 0. The normalized spacial score (nSPS) is 12.9. The van der Waals surface area contributed by atoms with E-state index in [1.165, 1.54) is 22.3 Å². The van der Waals surface area contributed by atoms with Crippen LogP contribution in [0.25, 0.3) is 38.8 Å². The average Bonchev–Trinajstić information content (AvgIpc) is 3.74. The van der Waals surface area contributed by atoms with E-state index in [1.807, 2.05) is 24.4 Å². The molecule has 6 heteroatoms. The van der Waals surface area contributed by atoms with Gasteiger partial charge in [-0.3, -0.25) is 0 Å². The Kier molecular flexibility index (Phi) is 10.1. The van der Waals surface area contributed by atoms with E-state index in [4.69, 9.17) is 9.72 Å². The second kappa shape index (κ2) is 14.9. The monoisotopic (exact) mass is 938 g/mol. The van der Waals surface area contributed by atoms with Gasteiger partial charge in [0.1, 0.15) is 5.82 Å². The van der Waals surface area contributed by atoms with E-state index in [0.717, 1.165) is 61.5 Å². The minimum Gasteiger partial charge on any atom is -0.509 e. The van der Waals surface area contributed by atoms with Gasteiger partial charge in [0.25, 0.3) is 0 Å². The van der Waals surface area contributed by atoms with Crippen LogP contribution in [0.2, 0.25) is 0 Å². The Morgan fingerprint density at radius 1 is 0.621 bits per heavy atom. The number of fused-ring (bicyclic) bond motifs is 4. The topological polar surface area (TPSA) is 33.5 Å². The van der Waals surface area contributed by atoms with Gasteiger partial charge in [0.2, 0.25) is 0 Å². The zero-order chi connectivity index (χ0) is 39.6. The van der Waals surface area contributed by atoms with Crippen molar-refractivity contribution in [1.82, 2.24) is 9.55 Å². The molecule has 9 rings (SSSR count). The average molecular weight is 939 g/mol. The van der Waals surface area contributed by atoms with Crippen LogP contribution in [0.4, 0.5) is 22.7 Å². The van der Waals surface area contributed by atoms with E-state index < -0.39 is 0 Å². The van der Waals surface area contributed by atoms with Crippen molar-refractivity contribution in [3.05, 3.63) is 175 Å². The van der Waals surface area contributed by atoms with Gasteiger partial charge in [-0.25, -0.2) is 4.98 Å². The zero-order valence-electron chi connectivity index (χ0n) is 34.3. The third kappa shape index (κ3) is 7.00. The number of hydrogen-bond acceptors (Lipinski definition) is 4. The maximum atomic E-state index is 6.62. The van der Waals surface area contributed by atoms with Gasteiger partial charge in [-0.15, -0.1) is 48.1 Å². The molecule has 5 nitrogen and oxygen atoms in total. The first-order chi connectivity index (χ1) is 27.3. The molecule has 3 heterocycles. The number of aryl methyl sites for hydroxylation is 1. The predicted octanol–water partition coefficient (Wildman–Crippen LogP) is 13.9. The van der Waals surface area contributed by atoms with Gasteiger partial charge >= 0.3 is 0 Å². The van der Waals surface area contributed by atoms with Crippen LogP contribution in [0, 0.1) is 32.6 Å². The Bertz CT molecular complexity index is 2780. The Hall–Kier alpha value is -5.64. The van der Waals surface area contributed by atoms with Gasteiger partial charge in [0, 0.05) is 66.9 Å². The molecule has 0 spiro atoms. The van der Waals surface area contributed by atoms with Crippen LogP contribution in [-0.4, -0.2) is 9.55 Å². The van der Waals surface area contributed by atoms with Crippen molar-refractivity contribution in [1.29, 1.82) is 0 Å². The summed E-state index contributed by atoms with van der Waals surface area (Å²) in [4.78, 5) is 9.53. The van der Waals surface area contributed by atoms with Crippen molar-refractivity contribution in [2.45, 2.75) is 66.2 Å². The number of ether oxygens (including phenoxy) is 1. The van der Waals surface area contributed by atoms with Gasteiger partial charge in [-0.2, -0.15) is 12.1 Å². The first-order valence-electron chi connectivity index (χ1n) is 19.7. The van der Waals surface area contributed by atoms with Crippen LogP contribution in [0.15, 0.2) is 134 Å². The van der Waals surface area contributed by atoms with Crippen LogP contribution in [-0.2, 0) is 31.9 Å². The van der Waals surface area contributed by atoms with Gasteiger partial charge in [-0.05, 0) is 88.2 Å². The molecule has 6 aromatic carbocycles. The molecule has 0 amide bonds. The van der Waals surface area contributed by atoms with Crippen LogP contribution >= 0.6 is 0 Å². The number of nitrogens with zero attached hydrogens (tertiary/aromatic N) is 4. The number of pyridine rings is 1. The molecule has 0 saturated carbocycles. The minimum atomic E-state index is 0. The van der Waals surface area contributed by atoms with Crippen LogP contribution in [0.5, 0.6) is 11.5 Å². The summed E-state index contributed by atoms with van der Waals surface area (Å²) >= 11 is 0. The van der Waals surface area contributed by atoms with Gasteiger partial charge in [0.05, 0.1) is 0 Å². The maximum absolute atomic E-state index is 6.62. The first kappa shape index (κ1) is 39.2. The van der Waals surface area contributed by atoms with Gasteiger partial charge in [0.15, 0.2) is 0 Å². The smallest absolute Gasteiger partial charge is 0.139 e. The third-order valence-corrected chi connectivity index (χ3v) is 11.1. The quantitative estimate of drug-likeness (QED) is 0.156. The fraction of sp³-hybridized carbons (Fsp3) is 0.192. The molecule has 0 atom stereocenters. The van der Waals surface area contributed by atoms with Crippen molar-refractivity contribution >= 4 is 44.6 Å². The molecule has 0 saturated heterocycles. The molecule has 1 aliphatic heterocycles. The van der Waals surface area contributed by atoms with Crippen molar-refractivity contribution < 1.29 is 25.8 Å². The Morgan fingerprint density at radius 3 is 1.97 bits per heavy atom. The summed E-state index contributed by atoms with van der Waals surface area (Å²) in [5.74, 6) is 2.09. The van der Waals surface area contributed by atoms with E-state index in [0.29, 0.717) is 11.5 Å². The molecule has 0 fully saturated rings. The molecule has 0 aliphatic carbocycles. The molecule has 294 valence electrons. The van der Waals surface area contributed by atoms with Crippen molar-refractivity contribution in [2.75, 3.05) is 9.80 Å². The SMILES string of the molecule is Cc1cnc(-n2c3[c-]c(Oc4[c-]c(N5[CH-]N(c6cc(C(C)(C)C)cc(C(C)(C)C)c6)c6ccccc65)ccc4)ccc3c3ccccc32)c(C)c1-c1ccccc1.[Pt]. The molecule has 0 radical (unpaired) electrons. The molecule has 1 aliphatic rings. The maximum Gasteiger partial charge on any atom is 0.139 e. The number of benzene rings is 6. The summed E-state index contributed by atoms with van der Waals surface area (Å²) in [6, 6.07) is 52.0. The molecule has 8 aromatic rings. The molecule has 2 aromatic heterocycles. The van der Waals surface area contributed by atoms with Crippen molar-refractivity contribution in [2.24, 2.45) is 0 Å². The molecule has 0 unspecified atom stereocenters. The molecular weight excluding hydrogens is 892 g/mol. The second-order valence-corrected chi connectivity index (χ2v) is 17.2. The standard InChI is InChI=1S/C52H47N4O.Pt/c1-34-32-53-50(35(2)49(34)36-17-10-9-11-18-36)56-45-22-13-12-21-43(45)44-26-25-42(31-48(44)56)57-41-20-16-19-39(30-41)54-33-55(47-24-15-14-23-46(47)54)40-28-37(51(3,4)5)27-38(29-40)52(6,7)8;/h9-29,32-33H,1-8H3;/q-3;. The summed E-state index contributed by atoms with van der Waals surface area (Å²) < 4.78 is 8.85. The molecule has 58 heavy (non-hydrogen) atoms. The fourth-order valence-electron chi connectivity index (χ4n) is 8.04. The largest absolute Gasteiger partial charge is 0.509 e. The minimum absolute atomic E-state index is 0. The fourth-order valence-corrected chi connectivity index (χ4v) is 8.04. The number of aromatic nitrogens is 2.